The fourth-order valence-electron chi connectivity index (χ4n) is 3.02. The van der Waals surface area contributed by atoms with Crippen LogP contribution in [-0.2, 0) is 29.4 Å². The van der Waals surface area contributed by atoms with Gasteiger partial charge in [-0.3, -0.25) is 4.79 Å². The molecule has 0 heterocycles. The summed E-state index contributed by atoms with van der Waals surface area (Å²) < 4.78 is 29.4. The second kappa shape index (κ2) is 9.57. The zero-order valence-electron chi connectivity index (χ0n) is 16.3. The molecule has 0 N–H and O–H groups in total. The number of Topliss-reactive ketones (excluding diaryl/α,β-unsaturated/α-hetero) is 1. The molecule has 1 aromatic rings. The average Bonchev–Trinajstić information content (AvgIpc) is 2.68. The highest BCUT2D eigenvalue weighted by Gasteiger charge is 2.46. The largest absolute Gasteiger partial charge is 0.497 e. The number of rotatable bonds is 8. The molecule has 0 spiro atoms. The highest BCUT2D eigenvalue weighted by molar-refractivity contribution is 6.32. The lowest BCUT2D eigenvalue weighted by Crippen LogP contribution is -2.42. The van der Waals surface area contributed by atoms with Gasteiger partial charge >= 0.3 is 5.97 Å². The molecule has 0 saturated carbocycles. The normalized spacial score (nSPS) is 21.1. The van der Waals surface area contributed by atoms with Crippen molar-refractivity contribution in [1.29, 1.82) is 0 Å². The number of methoxy groups -OCH3 is 2. The van der Waals surface area contributed by atoms with E-state index in [0.29, 0.717) is 11.3 Å². The first kappa shape index (κ1) is 23.1. The van der Waals surface area contributed by atoms with E-state index in [2.05, 4.69) is 6.58 Å². The summed E-state index contributed by atoms with van der Waals surface area (Å²) in [5.41, 5.74) is -0.903. The van der Waals surface area contributed by atoms with E-state index < -0.39 is 28.5 Å². The fraction of sp³-hybridized carbons (Fsp3) is 0.333. The molecule has 1 aliphatic rings. The van der Waals surface area contributed by atoms with Gasteiger partial charge in [-0.2, -0.15) is 0 Å². The molecule has 1 aliphatic carbocycles. The van der Waals surface area contributed by atoms with Gasteiger partial charge in [0.05, 0.1) is 19.1 Å². The summed E-state index contributed by atoms with van der Waals surface area (Å²) in [6.07, 6.45) is 2.75. The first-order chi connectivity index (χ1) is 13.7. The van der Waals surface area contributed by atoms with Crippen LogP contribution >= 0.6 is 23.2 Å². The Morgan fingerprint density at radius 3 is 2.55 bits per heavy atom. The number of allylic oxidation sites excluding steroid dienone is 1. The number of ether oxygens (including phenoxy) is 3. The molecule has 156 valence electrons. The van der Waals surface area contributed by atoms with Gasteiger partial charge in [-0.25, -0.2) is 9.18 Å². The average molecular weight is 443 g/mol. The summed E-state index contributed by atoms with van der Waals surface area (Å²) in [6.45, 7) is 5.42. The van der Waals surface area contributed by atoms with E-state index in [1.165, 1.54) is 32.4 Å². The van der Waals surface area contributed by atoms with E-state index in [-0.39, 0.29) is 29.2 Å². The Labute approximate surface area is 178 Å². The van der Waals surface area contributed by atoms with Gasteiger partial charge in [0, 0.05) is 35.3 Å². The van der Waals surface area contributed by atoms with Gasteiger partial charge in [0.25, 0.3) is 0 Å². The number of alkyl halides is 1. The molecular formula is C21H21Cl2FO5. The minimum atomic E-state index is -1.40. The van der Waals surface area contributed by atoms with Crippen LogP contribution in [0.25, 0.3) is 0 Å². The molecule has 2 rings (SSSR count). The number of halogens is 3. The summed E-state index contributed by atoms with van der Waals surface area (Å²) in [6, 6.07) is 3.78. The van der Waals surface area contributed by atoms with Gasteiger partial charge in [-0.15, -0.1) is 11.6 Å². The van der Waals surface area contributed by atoms with E-state index >= 15 is 0 Å². The van der Waals surface area contributed by atoms with Crippen molar-refractivity contribution >= 4 is 35.0 Å². The Kier molecular flexibility index (Phi) is 7.63. The van der Waals surface area contributed by atoms with Crippen LogP contribution in [0.15, 0.2) is 53.8 Å². The third-order valence-corrected chi connectivity index (χ3v) is 5.36. The molecule has 0 fully saturated rings. The molecule has 5 nitrogen and oxygen atoms in total. The van der Waals surface area contributed by atoms with Crippen molar-refractivity contribution < 1.29 is 28.2 Å². The highest BCUT2D eigenvalue weighted by Crippen LogP contribution is 2.45. The zero-order valence-corrected chi connectivity index (χ0v) is 17.8. The van der Waals surface area contributed by atoms with Gasteiger partial charge in [0.15, 0.2) is 5.78 Å². The van der Waals surface area contributed by atoms with Crippen LogP contribution in [0, 0.1) is 5.82 Å². The maximum atomic E-state index is 13.6. The Balaban J connectivity index is 2.47. The Bertz CT molecular complexity index is 893. The third kappa shape index (κ3) is 4.71. The van der Waals surface area contributed by atoms with E-state index in [1.54, 1.807) is 13.0 Å². The summed E-state index contributed by atoms with van der Waals surface area (Å²) in [5.74, 6) is -1.34. The van der Waals surface area contributed by atoms with Crippen molar-refractivity contribution in [3.05, 3.63) is 70.2 Å². The summed E-state index contributed by atoms with van der Waals surface area (Å²) >= 11 is 12.9. The van der Waals surface area contributed by atoms with Crippen molar-refractivity contribution in [2.75, 3.05) is 20.8 Å². The van der Waals surface area contributed by atoms with Gasteiger partial charge in [-0.1, -0.05) is 24.2 Å². The molecule has 0 radical (unpaired) electrons. The molecule has 1 aromatic carbocycles. The molecule has 29 heavy (non-hydrogen) atoms. The van der Waals surface area contributed by atoms with Crippen molar-refractivity contribution in [1.82, 2.24) is 0 Å². The lowest BCUT2D eigenvalue weighted by atomic mass is 9.80. The van der Waals surface area contributed by atoms with Gasteiger partial charge in [0.2, 0.25) is 0 Å². The van der Waals surface area contributed by atoms with Gasteiger partial charge < -0.3 is 14.2 Å². The van der Waals surface area contributed by atoms with Crippen molar-refractivity contribution in [2.45, 2.75) is 24.3 Å². The molecule has 0 amide bonds. The van der Waals surface area contributed by atoms with Crippen LogP contribution in [0.4, 0.5) is 4.39 Å². The first-order valence-electron chi connectivity index (χ1n) is 8.71. The second-order valence-electron chi connectivity index (χ2n) is 6.26. The van der Waals surface area contributed by atoms with E-state index in [0.717, 1.165) is 6.07 Å². The first-order valence-corrected chi connectivity index (χ1v) is 9.52. The monoisotopic (exact) mass is 442 g/mol. The van der Waals surface area contributed by atoms with Crippen LogP contribution in [0.5, 0.6) is 0 Å². The Morgan fingerprint density at radius 1 is 1.31 bits per heavy atom. The van der Waals surface area contributed by atoms with Crippen LogP contribution in [-0.4, -0.2) is 38.0 Å². The Morgan fingerprint density at radius 2 is 2.00 bits per heavy atom. The second-order valence-corrected chi connectivity index (χ2v) is 7.10. The standard InChI is InChI=1S/C21H21Cl2FO5/c1-5-29-20(26)12(2)8-18(25)15-10-14(27-3)11-21(28-4,19(15)23)16-7-6-13(24)9-17(16)22/h6-7,9-11,19H,2,5,8H2,1,3-4H3. The van der Waals surface area contributed by atoms with Gasteiger partial charge in [-0.05, 0) is 31.2 Å². The molecule has 2 unspecified atom stereocenters. The third-order valence-electron chi connectivity index (χ3n) is 4.49. The number of esters is 1. The van der Waals surface area contributed by atoms with Crippen LogP contribution in [0.3, 0.4) is 0 Å². The van der Waals surface area contributed by atoms with Crippen LogP contribution in [0.1, 0.15) is 18.9 Å². The topological polar surface area (TPSA) is 61.8 Å². The number of carbonyl (C=O) groups excluding carboxylic acids is 2. The van der Waals surface area contributed by atoms with Crippen molar-refractivity contribution in [3.63, 3.8) is 0 Å². The number of hydrogen-bond donors (Lipinski definition) is 0. The minimum absolute atomic E-state index is 0.00188. The summed E-state index contributed by atoms with van der Waals surface area (Å²) in [5, 5.41) is -0.953. The highest BCUT2D eigenvalue weighted by atomic mass is 35.5. The van der Waals surface area contributed by atoms with E-state index in [1.807, 2.05) is 0 Å². The van der Waals surface area contributed by atoms with Gasteiger partial charge in [0.1, 0.15) is 17.2 Å². The Hall–Kier alpha value is -2.15. The SMILES string of the molecule is C=C(CC(=O)C1=CC(OC)=CC(OC)(c2ccc(F)cc2Cl)C1Cl)C(=O)OCC. The fourth-order valence-corrected chi connectivity index (χ4v) is 3.79. The van der Waals surface area contributed by atoms with E-state index in [9.17, 15) is 14.0 Å². The molecule has 0 aromatic heterocycles. The van der Waals surface area contributed by atoms with Crippen LogP contribution < -0.4 is 0 Å². The predicted octanol–water partition coefficient (Wildman–Crippen LogP) is 4.48. The maximum absolute atomic E-state index is 13.6. The molecule has 0 aliphatic heterocycles. The molecule has 2 atom stereocenters. The lowest BCUT2D eigenvalue weighted by Gasteiger charge is -2.38. The van der Waals surface area contributed by atoms with Crippen molar-refractivity contribution in [3.8, 4) is 0 Å². The maximum Gasteiger partial charge on any atom is 0.333 e. The number of ketones is 1. The quantitative estimate of drug-likeness (QED) is 0.337. The molecule has 0 saturated heterocycles. The zero-order chi connectivity index (χ0) is 21.8. The number of hydrogen-bond acceptors (Lipinski definition) is 5. The van der Waals surface area contributed by atoms with E-state index in [4.69, 9.17) is 37.4 Å². The predicted molar refractivity (Wildman–Crippen MR) is 108 cm³/mol. The number of carbonyl (C=O) groups is 2. The smallest absolute Gasteiger partial charge is 0.333 e. The van der Waals surface area contributed by atoms with Crippen LogP contribution in [0.2, 0.25) is 5.02 Å². The summed E-state index contributed by atoms with van der Waals surface area (Å²) in [4.78, 5) is 24.7. The van der Waals surface area contributed by atoms with Crippen molar-refractivity contribution in [2.24, 2.45) is 0 Å². The molecule has 8 heteroatoms. The lowest BCUT2D eigenvalue weighted by molar-refractivity contribution is -0.139. The molecule has 0 bridgehead atoms. The number of benzene rings is 1. The molecular weight excluding hydrogens is 422 g/mol. The minimum Gasteiger partial charge on any atom is -0.497 e. The summed E-state index contributed by atoms with van der Waals surface area (Å²) in [7, 11) is 2.81.